The van der Waals surface area contributed by atoms with Gasteiger partial charge in [0.25, 0.3) is 0 Å². The van der Waals surface area contributed by atoms with Crippen LogP contribution >= 0.6 is 0 Å². The molecule has 0 radical (unpaired) electrons. The van der Waals surface area contributed by atoms with E-state index in [0.717, 1.165) is 17.3 Å². The van der Waals surface area contributed by atoms with E-state index < -0.39 is 9.84 Å². The smallest absolute Gasteiger partial charge is 0.233 e. The minimum atomic E-state index is -3.37. The number of rotatable bonds is 1. The summed E-state index contributed by atoms with van der Waals surface area (Å²) in [5.74, 6) is 0. The van der Waals surface area contributed by atoms with Crippen molar-refractivity contribution in [3.05, 3.63) is 24.0 Å². The highest BCUT2D eigenvalue weighted by Crippen LogP contribution is 2.11. The standard InChI is InChI=1S/C9H9N3O2S/c1-6-3-4-7-5-10-9(15(2,13)14)12-8(7)11-6/h3-5H,1-2H3. The van der Waals surface area contributed by atoms with Crippen molar-refractivity contribution in [2.45, 2.75) is 12.1 Å². The lowest BCUT2D eigenvalue weighted by molar-refractivity contribution is 0.593. The van der Waals surface area contributed by atoms with Gasteiger partial charge < -0.3 is 0 Å². The van der Waals surface area contributed by atoms with Crippen molar-refractivity contribution in [1.82, 2.24) is 15.0 Å². The average molecular weight is 223 g/mol. The van der Waals surface area contributed by atoms with Crippen LogP contribution in [-0.4, -0.2) is 29.6 Å². The predicted octanol–water partition coefficient (Wildman–Crippen LogP) is 0.737. The van der Waals surface area contributed by atoms with Crippen LogP contribution in [0.25, 0.3) is 11.0 Å². The quantitative estimate of drug-likeness (QED) is 0.666. The second-order valence-corrected chi connectivity index (χ2v) is 5.20. The molecule has 0 spiro atoms. The summed E-state index contributed by atoms with van der Waals surface area (Å²) in [6, 6.07) is 3.63. The molecule has 2 aromatic heterocycles. The van der Waals surface area contributed by atoms with Crippen molar-refractivity contribution in [3.8, 4) is 0 Å². The lowest BCUT2D eigenvalue weighted by Gasteiger charge is -1.99. The molecule has 0 saturated heterocycles. The van der Waals surface area contributed by atoms with Crippen LogP contribution < -0.4 is 0 Å². The normalized spacial score (nSPS) is 11.9. The van der Waals surface area contributed by atoms with E-state index in [-0.39, 0.29) is 5.16 Å². The summed E-state index contributed by atoms with van der Waals surface area (Å²) < 4.78 is 22.4. The van der Waals surface area contributed by atoms with Crippen LogP contribution in [-0.2, 0) is 9.84 Å². The number of hydrogen-bond acceptors (Lipinski definition) is 5. The largest absolute Gasteiger partial charge is 0.248 e. The second-order valence-electron chi connectivity index (χ2n) is 3.29. The van der Waals surface area contributed by atoms with Crippen molar-refractivity contribution in [2.75, 3.05) is 6.26 Å². The number of nitrogens with zero attached hydrogens (tertiary/aromatic N) is 3. The molecule has 0 saturated carbocycles. The number of aromatic nitrogens is 3. The Hall–Kier alpha value is -1.56. The van der Waals surface area contributed by atoms with Crippen LogP contribution in [0.4, 0.5) is 0 Å². The summed E-state index contributed by atoms with van der Waals surface area (Å²) in [7, 11) is -3.37. The van der Waals surface area contributed by atoms with Crippen molar-refractivity contribution in [1.29, 1.82) is 0 Å². The van der Waals surface area contributed by atoms with Gasteiger partial charge in [0.2, 0.25) is 15.0 Å². The van der Waals surface area contributed by atoms with Crippen LogP contribution in [0.2, 0.25) is 0 Å². The first-order valence-electron chi connectivity index (χ1n) is 4.27. The third-order valence-electron chi connectivity index (χ3n) is 1.89. The zero-order valence-corrected chi connectivity index (χ0v) is 9.11. The third kappa shape index (κ3) is 1.94. The molecule has 2 aromatic rings. The Morgan fingerprint density at radius 1 is 1.20 bits per heavy atom. The average Bonchev–Trinajstić information content (AvgIpc) is 2.15. The summed E-state index contributed by atoms with van der Waals surface area (Å²) in [6.45, 7) is 1.82. The maximum absolute atomic E-state index is 11.2. The van der Waals surface area contributed by atoms with Gasteiger partial charge in [0.05, 0.1) is 0 Å². The zero-order chi connectivity index (χ0) is 11.1. The highest BCUT2D eigenvalue weighted by molar-refractivity contribution is 7.90. The predicted molar refractivity (Wildman–Crippen MR) is 55.2 cm³/mol. The fourth-order valence-electron chi connectivity index (χ4n) is 1.17. The number of sulfone groups is 1. The summed E-state index contributed by atoms with van der Waals surface area (Å²) in [5.41, 5.74) is 1.20. The van der Waals surface area contributed by atoms with E-state index in [1.165, 1.54) is 6.20 Å². The number of pyridine rings is 1. The molecule has 78 valence electrons. The molecular weight excluding hydrogens is 214 g/mol. The molecular formula is C9H9N3O2S. The Morgan fingerprint density at radius 2 is 1.93 bits per heavy atom. The molecule has 0 atom stereocenters. The van der Waals surface area contributed by atoms with Crippen molar-refractivity contribution >= 4 is 20.9 Å². The molecule has 0 amide bonds. The Morgan fingerprint density at radius 3 is 2.60 bits per heavy atom. The molecule has 0 unspecified atom stereocenters. The van der Waals surface area contributed by atoms with Gasteiger partial charge in [-0.2, -0.15) is 4.98 Å². The van der Waals surface area contributed by atoms with E-state index in [4.69, 9.17) is 0 Å². The first-order valence-corrected chi connectivity index (χ1v) is 6.16. The Kier molecular flexibility index (Phi) is 2.15. The molecule has 0 aliphatic carbocycles. The molecule has 0 fully saturated rings. The maximum atomic E-state index is 11.2. The van der Waals surface area contributed by atoms with Gasteiger partial charge in [0.15, 0.2) is 5.65 Å². The SMILES string of the molecule is Cc1ccc2cnc(S(C)(=O)=O)nc2n1. The minimum Gasteiger partial charge on any atom is -0.233 e. The molecule has 0 aliphatic rings. The van der Waals surface area contributed by atoms with Crippen LogP contribution in [0.5, 0.6) is 0 Å². The summed E-state index contributed by atoms with van der Waals surface area (Å²) in [5, 5.41) is 0.543. The fourth-order valence-corrected chi connectivity index (χ4v) is 1.66. The van der Waals surface area contributed by atoms with Crippen molar-refractivity contribution < 1.29 is 8.42 Å². The Bertz CT molecular complexity index is 622. The van der Waals surface area contributed by atoms with Gasteiger partial charge in [0, 0.05) is 23.5 Å². The summed E-state index contributed by atoms with van der Waals surface area (Å²) in [4.78, 5) is 11.8. The second kappa shape index (κ2) is 3.23. The highest BCUT2D eigenvalue weighted by Gasteiger charge is 2.11. The summed E-state index contributed by atoms with van der Waals surface area (Å²) >= 11 is 0. The molecule has 5 nitrogen and oxygen atoms in total. The van der Waals surface area contributed by atoms with Gasteiger partial charge in [-0.05, 0) is 19.1 Å². The molecule has 6 heteroatoms. The molecule has 0 N–H and O–H groups in total. The maximum Gasteiger partial charge on any atom is 0.248 e. The van der Waals surface area contributed by atoms with Gasteiger partial charge in [-0.1, -0.05) is 0 Å². The van der Waals surface area contributed by atoms with E-state index in [1.807, 2.05) is 19.1 Å². The van der Waals surface area contributed by atoms with Gasteiger partial charge in [0.1, 0.15) is 0 Å². The van der Waals surface area contributed by atoms with Gasteiger partial charge in [-0.3, -0.25) is 0 Å². The topological polar surface area (TPSA) is 72.8 Å². The van der Waals surface area contributed by atoms with E-state index in [1.54, 1.807) is 0 Å². The Labute approximate surface area is 87.1 Å². The number of aryl methyl sites for hydroxylation is 1. The Balaban J connectivity index is 2.75. The van der Waals surface area contributed by atoms with Crippen LogP contribution in [0.15, 0.2) is 23.5 Å². The minimum absolute atomic E-state index is 0.187. The van der Waals surface area contributed by atoms with Crippen LogP contribution in [0.3, 0.4) is 0 Å². The number of hydrogen-bond donors (Lipinski definition) is 0. The van der Waals surface area contributed by atoms with E-state index in [0.29, 0.717) is 5.65 Å². The van der Waals surface area contributed by atoms with Crippen LogP contribution in [0, 0.1) is 6.92 Å². The first-order chi connectivity index (χ1) is 6.97. The number of fused-ring (bicyclic) bond motifs is 1. The highest BCUT2D eigenvalue weighted by atomic mass is 32.2. The van der Waals surface area contributed by atoms with Crippen molar-refractivity contribution in [3.63, 3.8) is 0 Å². The van der Waals surface area contributed by atoms with Gasteiger partial charge in [-0.25, -0.2) is 18.4 Å². The van der Waals surface area contributed by atoms with E-state index in [9.17, 15) is 8.42 Å². The molecule has 0 aromatic carbocycles. The van der Waals surface area contributed by atoms with Gasteiger partial charge in [-0.15, -0.1) is 0 Å². The third-order valence-corrected chi connectivity index (χ3v) is 2.75. The van der Waals surface area contributed by atoms with Crippen LogP contribution in [0.1, 0.15) is 5.69 Å². The monoisotopic (exact) mass is 223 g/mol. The van der Waals surface area contributed by atoms with Crippen molar-refractivity contribution in [2.24, 2.45) is 0 Å². The molecule has 0 aliphatic heterocycles. The zero-order valence-electron chi connectivity index (χ0n) is 8.30. The summed E-state index contributed by atoms with van der Waals surface area (Å²) in [6.07, 6.45) is 2.54. The van der Waals surface area contributed by atoms with Gasteiger partial charge >= 0.3 is 0 Å². The first kappa shape index (κ1) is 9.97. The molecule has 2 rings (SSSR count). The van der Waals surface area contributed by atoms with E-state index in [2.05, 4.69) is 15.0 Å². The van der Waals surface area contributed by atoms with E-state index >= 15 is 0 Å². The molecule has 2 heterocycles. The molecule has 15 heavy (non-hydrogen) atoms. The lowest BCUT2D eigenvalue weighted by Crippen LogP contribution is -2.04. The lowest BCUT2D eigenvalue weighted by atomic mass is 10.3. The fraction of sp³-hybridized carbons (Fsp3) is 0.222. The molecule has 0 bridgehead atoms.